The Kier molecular flexibility index (Phi) is 4.08. The van der Waals surface area contributed by atoms with E-state index in [9.17, 15) is 0 Å². The molecule has 1 heterocycles. The fraction of sp³-hybridized carbons (Fsp3) is 0.0769. The Labute approximate surface area is 114 Å². The number of benzene rings is 1. The van der Waals surface area contributed by atoms with Crippen LogP contribution in [-0.4, -0.2) is 12.1 Å². The average molecular weight is 277 g/mol. The molecule has 3 nitrogen and oxygen atoms in total. The molecule has 0 aliphatic rings. The van der Waals surface area contributed by atoms with Crippen LogP contribution >= 0.6 is 23.4 Å². The number of methoxy groups -OCH3 is 1. The molecule has 90 valence electrons. The van der Waals surface area contributed by atoms with Gasteiger partial charge in [-0.2, -0.15) is 5.26 Å². The van der Waals surface area contributed by atoms with Crippen LogP contribution in [0.4, 0.5) is 0 Å². The van der Waals surface area contributed by atoms with Crippen molar-refractivity contribution in [2.24, 2.45) is 0 Å². The van der Waals surface area contributed by atoms with E-state index in [2.05, 4.69) is 4.98 Å². The summed E-state index contributed by atoms with van der Waals surface area (Å²) in [5, 5.41) is 9.88. The summed E-state index contributed by atoms with van der Waals surface area (Å²) < 4.78 is 5.26. The zero-order valence-corrected chi connectivity index (χ0v) is 11.1. The maximum Gasteiger partial charge on any atom is 0.132 e. The zero-order chi connectivity index (χ0) is 13.0. The van der Waals surface area contributed by atoms with Gasteiger partial charge in [-0.3, -0.25) is 0 Å². The number of nitriles is 1. The summed E-state index contributed by atoms with van der Waals surface area (Å²) in [6, 6.07) is 11.2. The summed E-state index contributed by atoms with van der Waals surface area (Å²) in [5.41, 5.74) is 0.420. The highest BCUT2D eigenvalue weighted by atomic mass is 35.5. The van der Waals surface area contributed by atoms with Gasteiger partial charge >= 0.3 is 0 Å². The molecule has 0 aliphatic carbocycles. The first-order valence-electron chi connectivity index (χ1n) is 5.11. The SMILES string of the molecule is COc1ccccc1Sc1nccc(C#N)c1Cl. The quantitative estimate of drug-likeness (QED) is 0.856. The molecule has 0 atom stereocenters. The van der Waals surface area contributed by atoms with E-state index < -0.39 is 0 Å². The van der Waals surface area contributed by atoms with Gasteiger partial charge in [-0.15, -0.1) is 0 Å². The minimum atomic E-state index is 0.371. The monoisotopic (exact) mass is 276 g/mol. The fourth-order valence-corrected chi connectivity index (χ4v) is 2.58. The van der Waals surface area contributed by atoms with Crippen LogP contribution in [0.15, 0.2) is 46.5 Å². The third kappa shape index (κ3) is 2.58. The van der Waals surface area contributed by atoms with Crippen LogP contribution in [0.1, 0.15) is 5.56 Å². The number of hydrogen-bond donors (Lipinski definition) is 0. The lowest BCUT2D eigenvalue weighted by Gasteiger charge is -2.08. The molecule has 0 amide bonds. The van der Waals surface area contributed by atoms with Crippen LogP contribution in [0, 0.1) is 11.3 Å². The lowest BCUT2D eigenvalue weighted by molar-refractivity contribution is 0.405. The molecule has 0 saturated carbocycles. The van der Waals surface area contributed by atoms with E-state index >= 15 is 0 Å². The molecule has 0 fully saturated rings. The van der Waals surface area contributed by atoms with Crippen molar-refractivity contribution in [3.05, 3.63) is 47.1 Å². The Morgan fingerprint density at radius 1 is 1.33 bits per heavy atom. The number of ether oxygens (including phenoxy) is 1. The first kappa shape index (κ1) is 12.7. The lowest BCUT2D eigenvalue weighted by atomic mass is 10.3. The molecule has 2 aromatic rings. The lowest BCUT2D eigenvalue weighted by Crippen LogP contribution is -1.88. The normalized spacial score (nSPS) is 9.83. The van der Waals surface area contributed by atoms with Crippen molar-refractivity contribution in [1.29, 1.82) is 5.26 Å². The van der Waals surface area contributed by atoms with Gasteiger partial charge in [-0.05, 0) is 18.2 Å². The number of aromatic nitrogens is 1. The van der Waals surface area contributed by atoms with Crippen molar-refractivity contribution in [2.45, 2.75) is 9.92 Å². The third-order valence-electron chi connectivity index (χ3n) is 2.25. The van der Waals surface area contributed by atoms with Gasteiger partial charge in [-0.25, -0.2) is 4.98 Å². The predicted molar refractivity (Wildman–Crippen MR) is 71.1 cm³/mol. The van der Waals surface area contributed by atoms with Crippen LogP contribution < -0.4 is 4.74 Å². The summed E-state index contributed by atoms with van der Waals surface area (Å²) in [7, 11) is 1.61. The van der Waals surface area contributed by atoms with Gasteiger partial charge in [0, 0.05) is 6.20 Å². The molecule has 0 spiro atoms. The number of pyridine rings is 1. The van der Waals surface area contributed by atoms with Gasteiger partial charge in [0.1, 0.15) is 16.8 Å². The summed E-state index contributed by atoms with van der Waals surface area (Å²) in [6.07, 6.45) is 1.57. The molecule has 0 unspecified atom stereocenters. The van der Waals surface area contributed by atoms with Crippen LogP contribution in [0.5, 0.6) is 5.75 Å². The van der Waals surface area contributed by atoms with Gasteiger partial charge in [0.15, 0.2) is 0 Å². The maximum atomic E-state index is 8.91. The van der Waals surface area contributed by atoms with Crippen molar-refractivity contribution in [3.8, 4) is 11.8 Å². The fourth-order valence-electron chi connectivity index (χ4n) is 1.39. The number of nitrogens with zero attached hydrogens (tertiary/aromatic N) is 2. The standard InChI is InChI=1S/C13H9ClN2OS/c1-17-10-4-2-3-5-11(10)18-13-12(14)9(8-15)6-7-16-13/h2-7H,1H3. The highest BCUT2D eigenvalue weighted by molar-refractivity contribution is 7.99. The van der Waals surface area contributed by atoms with E-state index in [0.717, 1.165) is 10.6 Å². The summed E-state index contributed by atoms with van der Waals surface area (Å²) in [6.45, 7) is 0. The molecule has 5 heteroatoms. The van der Waals surface area contributed by atoms with Crippen molar-refractivity contribution in [2.75, 3.05) is 7.11 Å². The molecule has 1 aromatic heterocycles. The van der Waals surface area contributed by atoms with E-state index in [1.165, 1.54) is 11.8 Å². The Hall–Kier alpha value is -1.70. The molecule has 0 saturated heterocycles. The predicted octanol–water partition coefficient (Wildman–Crippen LogP) is 3.77. The van der Waals surface area contributed by atoms with Crippen LogP contribution in [0.2, 0.25) is 5.02 Å². The van der Waals surface area contributed by atoms with E-state index in [1.807, 2.05) is 30.3 Å². The number of halogens is 1. The summed E-state index contributed by atoms with van der Waals surface area (Å²) in [5.74, 6) is 0.753. The first-order chi connectivity index (χ1) is 8.76. The maximum absolute atomic E-state index is 8.91. The first-order valence-corrected chi connectivity index (χ1v) is 6.31. The molecule has 2 rings (SSSR count). The smallest absolute Gasteiger partial charge is 0.132 e. The average Bonchev–Trinajstić information content (AvgIpc) is 2.42. The van der Waals surface area contributed by atoms with Crippen molar-refractivity contribution >= 4 is 23.4 Å². The minimum absolute atomic E-state index is 0.371. The minimum Gasteiger partial charge on any atom is -0.496 e. The highest BCUT2D eigenvalue weighted by Crippen LogP contribution is 2.37. The molecular formula is C13H9ClN2OS. The largest absolute Gasteiger partial charge is 0.496 e. The molecular weight excluding hydrogens is 268 g/mol. The summed E-state index contributed by atoms with van der Waals surface area (Å²) in [4.78, 5) is 5.09. The third-order valence-corrected chi connectivity index (χ3v) is 3.81. The van der Waals surface area contributed by atoms with E-state index in [4.69, 9.17) is 21.6 Å². The van der Waals surface area contributed by atoms with Gasteiger partial charge in [-0.1, -0.05) is 35.5 Å². The second-order valence-electron chi connectivity index (χ2n) is 3.34. The molecule has 1 aromatic carbocycles. The van der Waals surface area contributed by atoms with Crippen LogP contribution in [-0.2, 0) is 0 Å². The number of para-hydroxylation sites is 1. The Morgan fingerprint density at radius 2 is 2.11 bits per heavy atom. The van der Waals surface area contributed by atoms with E-state index in [0.29, 0.717) is 15.6 Å². The topological polar surface area (TPSA) is 45.9 Å². The summed E-state index contributed by atoms with van der Waals surface area (Å²) >= 11 is 7.48. The second kappa shape index (κ2) is 5.76. The molecule has 0 bridgehead atoms. The van der Waals surface area contributed by atoms with Gasteiger partial charge in [0.2, 0.25) is 0 Å². The molecule has 0 aliphatic heterocycles. The van der Waals surface area contributed by atoms with Gasteiger partial charge < -0.3 is 4.74 Å². The Bertz CT molecular complexity index is 610. The van der Waals surface area contributed by atoms with Crippen LogP contribution in [0.3, 0.4) is 0 Å². The molecule has 0 radical (unpaired) electrons. The number of hydrogen-bond acceptors (Lipinski definition) is 4. The molecule has 0 N–H and O–H groups in total. The molecule has 18 heavy (non-hydrogen) atoms. The van der Waals surface area contributed by atoms with Crippen molar-refractivity contribution < 1.29 is 4.74 Å². The van der Waals surface area contributed by atoms with Gasteiger partial charge in [0.05, 0.1) is 22.6 Å². The Balaban J connectivity index is 2.38. The zero-order valence-electron chi connectivity index (χ0n) is 9.55. The Morgan fingerprint density at radius 3 is 2.83 bits per heavy atom. The van der Waals surface area contributed by atoms with E-state index in [1.54, 1.807) is 19.4 Å². The van der Waals surface area contributed by atoms with Crippen molar-refractivity contribution in [3.63, 3.8) is 0 Å². The van der Waals surface area contributed by atoms with Gasteiger partial charge in [0.25, 0.3) is 0 Å². The van der Waals surface area contributed by atoms with Crippen molar-refractivity contribution in [1.82, 2.24) is 4.98 Å². The number of rotatable bonds is 3. The second-order valence-corrected chi connectivity index (χ2v) is 4.75. The van der Waals surface area contributed by atoms with E-state index in [-0.39, 0.29) is 0 Å². The van der Waals surface area contributed by atoms with Crippen LogP contribution in [0.25, 0.3) is 0 Å². The highest BCUT2D eigenvalue weighted by Gasteiger charge is 2.11.